The van der Waals surface area contributed by atoms with E-state index >= 15 is 0 Å². The molecular weight excluding hydrogens is 410 g/mol. The number of carbonyl (C=O) groups is 1. The fourth-order valence-corrected chi connectivity index (χ4v) is 4.83. The van der Waals surface area contributed by atoms with Gasteiger partial charge in [0.1, 0.15) is 0 Å². The van der Waals surface area contributed by atoms with Crippen LogP contribution in [0, 0.1) is 0 Å². The van der Waals surface area contributed by atoms with Crippen LogP contribution < -0.4 is 5.56 Å². The number of aromatic nitrogens is 1. The lowest BCUT2D eigenvalue weighted by molar-refractivity contribution is 0.0599. The van der Waals surface area contributed by atoms with Gasteiger partial charge in [-0.05, 0) is 17.2 Å². The van der Waals surface area contributed by atoms with Crippen LogP contribution in [0.4, 0.5) is 0 Å². The first-order valence-corrected chi connectivity index (χ1v) is 11.4. The number of rotatable bonds is 4. The van der Waals surface area contributed by atoms with E-state index in [1.54, 1.807) is 11.6 Å². The van der Waals surface area contributed by atoms with E-state index in [9.17, 15) is 9.59 Å². The lowest BCUT2D eigenvalue weighted by atomic mass is 9.96. The summed E-state index contributed by atoms with van der Waals surface area (Å²) in [5.41, 5.74) is 3.61. The molecule has 4 aromatic rings. The van der Waals surface area contributed by atoms with Crippen LogP contribution in [0.3, 0.4) is 0 Å². The molecule has 0 bridgehead atoms. The predicted octanol–water partition coefficient (Wildman–Crippen LogP) is 4.09. The quantitative estimate of drug-likeness (QED) is 0.483. The third-order valence-corrected chi connectivity index (χ3v) is 6.58. The summed E-state index contributed by atoms with van der Waals surface area (Å²) in [7, 11) is 1.74. The number of aryl methyl sites for hydroxylation is 1. The predicted molar refractivity (Wildman–Crippen MR) is 131 cm³/mol. The minimum absolute atomic E-state index is 0.0699. The maximum atomic E-state index is 13.5. The van der Waals surface area contributed by atoms with E-state index in [-0.39, 0.29) is 17.5 Å². The van der Waals surface area contributed by atoms with Gasteiger partial charge in [-0.15, -0.1) is 0 Å². The Hall–Kier alpha value is -3.70. The maximum absolute atomic E-state index is 13.5. The molecule has 0 aliphatic carbocycles. The molecule has 3 aromatic carbocycles. The molecule has 1 amide bonds. The SMILES string of the molecule is Cn1c(=O)cc(C(=O)N2CCN(C(c3ccccc3)c3ccccc3)CC2)c2ccccc21. The van der Waals surface area contributed by atoms with E-state index in [0.29, 0.717) is 18.7 Å². The van der Waals surface area contributed by atoms with Gasteiger partial charge in [-0.1, -0.05) is 78.9 Å². The number of hydrogen-bond donors (Lipinski definition) is 0. The topological polar surface area (TPSA) is 45.6 Å². The van der Waals surface area contributed by atoms with Crippen LogP contribution in [-0.2, 0) is 7.05 Å². The van der Waals surface area contributed by atoms with Crippen molar-refractivity contribution >= 4 is 16.8 Å². The van der Waals surface area contributed by atoms with Crippen molar-refractivity contribution in [2.75, 3.05) is 26.2 Å². The summed E-state index contributed by atoms with van der Waals surface area (Å²) in [6.07, 6.45) is 0. The zero-order chi connectivity index (χ0) is 22.8. The number of pyridine rings is 1. The van der Waals surface area contributed by atoms with E-state index in [4.69, 9.17) is 0 Å². The Balaban J connectivity index is 1.40. The molecular formula is C28H27N3O2. The molecule has 2 heterocycles. The Kier molecular flexibility index (Phi) is 5.80. The molecule has 166 valence electrons. The highest BCUT2D eigenvalue weighted by molar-refractivity contribution is 6.06. The van der Waals surface area contributed by atoms with Gasteiger partial charge in [-0.25, -0.2) is 0 Å². The Bertz CT molecular complexity index is 1280. The molecule has 0 saturated carbocycles. The van der Waals surface area contributed by atoms with Crippen molar-refractivity contribution in [1.29, 1.82) is 0 Å². The molecule has 0 N–H and O–H groups in total. The van der Waals surface area contributed by atoms with E-state index in [1.807, 2.05) is 41.3 Å². The van der Waals surface area contributed by atoms with Crippen LogP contribution in [0.1, 0.15) is 27.5 Å². The number of para-hydroxylation sites is 1. The normalized spacial score (nSPS) is 14.7. The van der Waals surface area contributed by atoms with Crippen molar-refractivity contribution in [3.05, 3.63) is 118 Å². The molecule has 1 aliphatic rings. The van der Waals surface area contributed by atoms with E-state index in [1.165, 1.54) is 17.2 Å². The minimum atomic E-state index is -0.163. The molecule has 1 fully saturated rings. The van der Waals surface area contributed by atoms with Crippen molar-refractivity contribution in [2.24, 2.45) is 7.05 Å². The van der Waals surface area contributed by atoms with Gasteiger partial charge in [0, 0.05) is 44.7 Å². The Morgan fingerprint density at radius 2 is 1.30 bits per heavy atom. The van der Waals surface area contributed by atoms with Gasteiger partial charge in [0.2, 0.25) is 0 Å². The van der Waals surface area contributed by atoms with Crippen LogP contribution in [0.15, 0.2) is 95.8 Å². The maximum Gasteiger partial charge on any atom is 0.254 e. The molecule has 1 saturated heterocycles. The first-order chi connectivity index (χ1) is 16.1. The fraction of sp³-hybridized carbons (Fsp3) is 0.214. The standard InChI is InChI=1S/C28H27N3O2/c1-29-25-15-9-8-14-23(25)24(20-26(29)32)28(33)31-18-16-30(17-19-31)27(21-10-4-2-5-11-21)22-12-6-3-7-13-22/h2-15,20,27H,16-19H2,1H3. The number of benzene rings is 3. The van der Waals surface area contributed by atoms with Gasteiger partial charge in [0.05, 0.1) is 17.1 Å². The van der Waals surface area contributed by atoms with E-state index < -0.39 is 0 Å². The Labute approximate surface area is 193 Å². The van der Waals surface area contributed by atoms with Gasteiger partial charge in [0.25, 0.3) is 11.5 Å². The lowest BCUT2D eigenvalue weighted by Gasteiger charge is -2.40. The second-order valence-corrected chi connectivity index (χ2v) is 8.52. The number of hydrogen-bond acceptors (Lipinski definition) is 3. The van der Waals surface area contributed by atoms with E-state index in [2.05, 4.69) is 53.4 Å². The van der Waals surface area contributed by atoms with E-state index in [0.717, 1.165) is 24.0 Å². The molecule has 0 atom stereocenters. The molecule has 1 aromatic heterocycles. The molecule has 5 rings (SSSR count). The van der Waals surface area contributed by atoms with Crippen molar-refractivity contribution in [2.45, 2.75) is 6.04 Å². The van der Waals surface area contributed by atoms with Crippen LogP contribution in [0.25, 0.3) is 10.9 Å². The third kappa shape index (κ3) is 4.08. The number of piperazine rings is 1. The summed E-state index contributed by atoms with van der Waals surface area (Å²) in [5.74, 6) is -0.0699. The van der Waals surface area contributed by atoms with Crippen LogP contribution >= 0.6 is 0 Å². The first kappa shape index (κ1) is 21.2. The highest BCUT2D eigenvalue weighted by Gasteiger charge is 2.29. The van der Waals surface area contributed by atoms with Crippen LogP contribution in [0.5, 0.6) is 0 Å². The Morgan fingerprint density at radius 1 is 0.758 bits per heavy atom. The minimum Gasteiger partial charge on any atom is -0.336 e. The van der Waals surface area contributed by atoms with Crippen molar-refractivity contribution in [1.82, 2.24) is 14.4 Å². The summed E-state index contributed by atoms with van der Waals surface area (Å²) in [4.78, 5) is 30.3. The molecule has 33 heavy (non-hydrogen) atoms. The van der Waals surface area contributed by atoms with Crippen LogP contribution in [0.2, 0.25) is 0 Å². The number of fused-ring (bicyclic) bond motifs is 1. The van der Waals surface area contributed by atoms with Gasteiger partial charge < -0.3 is 9.47 Å². The van der Waals surface area contributed by atoms with Gasteiger partial charge in [-0.2, -0.15) is 0 Å². The summed E-state index contributed by atoms with van der Waals surface area (Å²) < 4.78 is 1.59. The molecule has 1 aliphatic heterocycles. The monoisotopic (exact) mass is 437 g/mol. The highest BCUT2D eigenvalue weighted by atomic mass is 16.2. The highest BCUT2D eigenvalue weighted by Crippen LogP contribution is 2.30. The van der Waals surface area contributed by atoms with Crippen molar-refractivity contribution < 1.29 is 4.79 Å². The lowest BCUT2D eigenvalue weighted by Crippen LogP contribution is -2.50. The molecule has 0 spiro atoms. The second kappa shape index (κ2) is 9.04. The fourth-order valence-electron chi connectivity index (χ4n) is 4.83. The molecule has 0 radical (unpaired) electrons. The van der Waals surface area contributed by atoms with Gasteiger partial charge >= 0.3 is 0 Å². The first-order valence-electron chi connectivity index (χ1n) is 11.4. The summed E-state index contributed by atoms with van der Waals surface area (Å²) in [5, 5.41) is 0.818. The smallest absolute Gasteiger partial charge is 0.254 e. The number of carbonyl (C=O) groups excluding carboxylic acids is 1. The Morgan fingerprint density at radius 3 is 1.91 bits per heavy atom. The number of amides is 1. The molecule has 5 heteroatoms. The van der Waals surface area contributed by atoms with Crippen molar-refractivity contribution in [3.63, 3.8) is 0 Å². The third-order valence-electron chi connectivity index (χ3n) is 6.58. The van der Waals surface area contributed by atoms with Gasteiger partial charge in [0.15, 0.2) is 0 Å². The summed E-state index contributed by atoms with van der Waals surface area (Å²) >= 11 is 0. The van der Waals surface area contributed by atoms with Crippen LogP contribution in [-0.4, -0.2) is 46.5 Å². The second-order valence-electron chi connectivity index (χ2n) is 8.52. The average Bonchev–Trinajstić information content (AvgIpc) is 2.88. The number of nitrogens with zero attached hydrogens (tertiary/aromatic N) is 3. The van der Waals surface area contributed by atoms with Gasteiger partial charge in [-0.3, -0.25) is 14.5 Å². The summed E-state index contributed by atoms with van der Waals surface area (Å²) in [6, 6.07) is 30.3. The summed E-state index contributed by atoms with van der Waals surface area (Å²) in [6.45, 7) is 2.78. The zero-order valence-electron chi connectivity index (χ0n) is 18.7. The molecule has 0 unspecified atom stereocenters. The zero-order valence-corrected chi connectivity index (χ0v) is 18.7. The average molecular weight is 438 g/mol. The van der Waals surface area contributed by atoms with Crippen molar-refractivity contribution in [3.8, 4) is 0 Å². The molecule has 5 nitrogen and oxygen atoms in total. The largest absolute Gasteiger partial charge is 0.336 e.